The van der Waals surface area contributed by atoms with Crippen molar-refractivity contribution in [3.05, 3.63) is 130 Å². The second-order valence-corrected chi connectivity index (χ2v) is 16.2. The van der Waals surface area contributed by atoms with Gasteiger partial charge in [-0.05, 0) is 91.9 Å². The van der Waals surface area contributed by atoms with Crippen molar-refractivity contribution in [1.82, 2.24) is 34.2 Å². The third-order valence-corrected chi connectivity index (χ3v) is 12.5. The topological polar surface area (TPSA) is 190 Å². The number of aromatic nitrogens is 6. The molecular weight excluding hydrogens is 801 g/mol. The first-order valence-electron chi connectivity index (χ1n) is 21.1. The fourth-order valence-corrected chi connectivity index (χ4v) is 9.19. The molecule has 0 saturated carbocycles. The number of amides is 1. The molecule has 3 aromatic carbocycles. The molecule has 0 spiro atoms. The second-order valence-electron chi connectivity index (χ2n) is 16.2. The Kier molecular flexibility index (Phi) is 9.78. The van der Waals surface area contributed by atoms with Crippen molar-refractivity contribution in [3.8, 4) is 39.9 Å². The van der Waals surface area contributed by atoms with Crippen LogP contribution in [0.3, 0.4) is 0 Å². The lowest BCUT2D eigenvalue weighted by Crippen LogP contribution is -2.44. The lowest BCUT2D eigenvalue weighted by atomic mass is 9.86. The van der Waals surface area contributed by atoms with Crippen LogP contribution in [0.2, 0.25) is 0 Å². The van der Waals surface area contributed by atoms with Gasteiger partial charge in [0.2, 0.25) is 0 Å². The molecule has 1 fully saturated rings. The molecule has 3 aliphatic heterocycles. The fraction of sp³-hybridized carbons (Fsp3) is 0.271. The van der Waals surface area contributed by atoms with Gasteiger partial charge in [-0.2, -0.15) is 5.10 Å². The van der Waals surface area contributed by atoms with E-state index < -0.39 is 11.6 Å². The first-order valence-corrected chi connectivity index (χ1v) is 21.1. The van der Waals surface area contributed by atoms with Crippen molar-refractivity contribution in [2.75, 3.05) is 25.4 Å². The van der Waals surface area contributed by atoms with Crippen molar-refractivity contribution >= 4 is 39.6 Å². The summed E-state index contributed by atoms with van der Waals surface area (Å²) in [6.45, 7) is 8.89. The van der Waals surface area contributed by atoms with E-state index in [4.69, 9.17) is 30.0 Å². The van der Waals surface area contributed by atoms with Gasteiger partial charge in [-0.3, -0.25) is 9.59 Å². The number of ether oxygens (including phenoxy) is 3. The number of carbonyl (C=O) groups is 2. The number of aryl methyl sites for hydroxylation is 1. The molecule has 63 heavy (non-hydrogen) atoms. The van der Waals surface area contributed by atoms with E-state index in [1.807, 2.05) is 78.3 Å². The zero-order chi connectivity index (χ0) is 43.6. The number of anilines is 1. The number of rotatable bonds is 10. The minimum absolute atomic E-state index is 0.0263. The molecule has 0 unspecified atom stereocenters. The number of carbonyl (C=O) groups excluding carboxylic acids is 2. The molecule has 2 atom stereocenters. The van der Waals surface area contributed by atoms with Gasteiger partial charge in [-0.25, -0.2) is 24.4 Å². The number of hydrogen-bond acceptors (Lipinski definition) is 12. The molecule has 7 heterocycles. The van der Waals surface area contributed by atoms with Crippen LogP contribution in [0.5, 0.6) is 17.2 Å². The lowest BCUT2D eigenvalue weighted by molar-refractivity contribution is -0.172. The van der Waals surface area contributed by atoms with Crippen LogP contribution in [0.15, 0.2) is 102 Å². The fourth-order valence-electron chi connectivity index (χ4n) is 9.19. The van der Waals surface area contributed by atoms with E-state index in [0.717, 1.165) is 40.7 Å². The largest absolute Gasteiger partial charge is 0.489 e. The predicted molar refractivity (Wildman–Crippen MR) is 235 cm³/mol. The summed E-state index contributed by atoms with van der Waals surface area (Å²) in [4.78, 5) is 56.0. The van der Waals surface area contributed by atoms with Crippen molar-refractivity contribution in [1.29, 1.82) is 0 Å². The lowest BCUT2D eigenvalue weighted by Gasteiger charge is -2.33. The molecule has 15 nitrogen and oxygen atoms in total. The van der Waals surface area contributed by atoms with Gasteiger partial charge in [-0.15, -0.1) is 0 Å². The van der Waals surface area contributed by atoms with Crippen LogP contribution in [-0.2, 0) is 39.5 Å². The molecule has 318 valence electrons. The van der Waals surface area contributed by atoms with Crippen LogP contribution in [0.1, 0.15) is 61.4 Å². The predicted octanol–water partition coefficient (Wildman–Crippen LogP) is 6.62. The van der Waals surface area contributed by atoms with Crippen LogP contribution in [0, 0.1) is 0 Å². The number of piperidine rings is 1. The van der Waals surface area contributed by atoms with Crippen LogP contribution >= 0.6 is 0 Å². The highest BCUT2D eigenvalue weighted by Crippen LogP contribution is 2.41. The number of cyclic esters (lactones) is 1. The maximum Gasteiger partial charge on any atom is 0.343 e. The second kappa shape index (κ2) is 15.5. The first kappa shape index (κ1) is 39.7. The monoisotopic (exact) mass is 844 g/mol. The smallest absolute Gasteiger partial charge is 0.343 e. The molecule has 0 radical (unpaired) electrons. The third-order valence-electron chi connectivity index (χ3n) is 12.5. The summed E-state index contributed by atoms with van der Waals surface area (Å²) in [6, 6.07) is 24.3. The minimum Gasteiger partial charge on any atom is -0.489 e. The van der Waals surface area contributed by atoms with Crippen molar-refractivity contribution in [2.45, 2.75) is 64.3 Å². The number of nitrogens with two attached hydrogens (primary N) is 1. The highest BCUT2D eigenvalue weighted by Gasteiger charge is 2.45. The average molecular weight is 845 g/mol. The molecule has 15 heteroatoms. The van der Waals surface area contributed by atoms with Gasteiger partial charge >= 0.3 is 5.97 Å². The van der Waals surface area contributed by atoms with Gasteiger partial charge in [0.15, 0.2) is 11.2 Å². The first-order chi connectivity index (χ1) is 30.6. The molecule has 1 saturated heterocycles. The van der Waals surface area contributed by atoms with Gasteiger partial charge < -0.3 is 34.5 Å². The molecular formula is C48H44N8O7. The van der Waals surface area contributed by atoms with E-state index in [9.17, 15) is 19.5 Å². The number of fused-ring (bicyclic) bond motifs is 6. The Bertz CT molecular complexity index is 3070. The number of aliphatic hydroxyl groups is 1. The van der Waals surface area contributed by atoms with E-state index in [1.165, 1.54) is 6.33 Å². The number of likely N-dealkylation sites (tertiary alicyclic amines) is 1. The average Bonchev–Trinajstić information content (AvgIpc) is 3.89. The van der Waals surface area contributed by atoms with E-state index in [1.54, 1.807) is 28.5 Å². The zero-order valence-corrected chi connectivity index (χ0v) is 34.8. The number of nitrogens with zero attached hydrogens (tertiary/aromatic N) is 7. The molecule has 7 aromatic rings. The summed E-state index contributed by atoms with van der Waals surface area (Å²) in [5.74, 6) is 1.32. The summed E-state index contributed by atoms with van der Waals surface area (Å²) in [5.41, 5.74) is 11.0. The molecule has 3 N–H and O–H groups in total. The number of pyridine rings is 2. The van der Waals surface area contributed by atoms with E-state index in [2.05, 4.69) is 16.5 Å². The molecule has 10 rings (SSSR count). The van der Waals surface area contributed by atoms with Crippen LogP contribution in [-0.4, -0.2) is 70.9 Å². The zero-order valence-electron chi connectivity index (χ0n) is 34.8. The number of para-hydroxylation sites is 1. The van der Waals surface area contributed by atoms with E-state index >= 15 is 0 Å². The Labute approximate surface area is 361 Å². The van der Waals surface area contributed by atoms with Gasteiger partial charge in [-0.1, -0.05) is 38.6 Å². The maximum atomic E-state index is 13.9. The Balaban J connectivity index is 0.855. The van der Waals surface area contributed by atoms with Crippen LogP contribution in [0.4, 0.5) is 5.82 Å². The molecule has 4 aromatic heterocycles. The molecule has 0 bridgehead atoms. The van der Waals surface area contributed by atoms with Gasteiger partial charge in [0.1, 0.15) is 48.3 Å². The maximum absolute atomic E-state index is 13.9. The normalized spacial score (nSPS) is 17.9. The Morgan fingerprint density at radius 1 is 0.984 bits per heavy atom. The standard InChI is InChI=1S/C48H44N8O7/c1-4-33-34-20-32(17-18-38(34)52-42-35(33)23-55-39(42)21-37-36(46(55)58)25-62-47(59)48(37,60)5-2)61-24-27(3)45(57)54-19-9-10-29(22-54)56-44-40(43(49)50-26-51-44)41(53-56)28-13-15-31(16-14-28)63-30-11-7-6-8-12-30/h6-8,11-18,20-21,26,29,60H,3-5,9-10,19,22-25H2,1-2H3,(H2,49,50,51)/t29-,48+/m1/s1. The Morgan fingerprint density at radius 3 is 2.54 bits per heavy atom. The highest BCUT2D eigenvalue weighted by atomic mass is 16.6. The van der Waals surface area contributed by atoms with Crippen LogP contribution in [0.25, 0.3) is 44.6 Å². The third kappa shape index (κ3) is 6.66. The van der Waals surface area contributed by atoms with Gasteiger partial charge in [0.25, 0.3) is 11.5 Å². The van der Waals surface area contributed by atoms with E-state index in [-0.39, 0.29) is 48.3 Å². The van der Waals surface area contributed by atoms with Gasteiger partial charge in [0.05, 0.1) is 40.4 Å². The van der Waals surface area contributed by atoms with Crippen molar-refractivity contribution in [3.63, 3.8) is 0 Å². The summed E-state index contributed by atoms with van der Waals surface area (Å²) in [6.07, 6.45) is 3.68. The highest BCUT2D eigenvalue weighted by molar-refractivity contribution is 5.98. The van der Waals surface area contributed by atoms with Crippen molar-refractivity contribution < 1.29 is 28.9 Å². The minimum atomic E-state index is -1.90. The number of nitrogen functional groups attached to an aromatic ring is 1. The quantitative estimate of drug-likeness (QED) is 0.111. The Morgan fingerprint density at radius 2 is 1.76 bits per heavy atom. The molecule has 0 aliphatic carbocycles. The number of esters is 1. The summed E-state index contributed by atoms with van der Waals surface area (Å²) in [7, 11) is 0. The molecule has 3 aliphatic rings. The SMILES string of the molecule is C=C(COc1ccc2nc3c(c(CC)c2c1)Cn1c-3cc2c(c1=O)COC(=O)[C@]2(O)CC)C(=O)N1CCC[C@@H](n2nc(-c3ccc(Oc4ccccc4)cc3)c3c(N)ncnc32)C1. The number of benzene rings is 3. The van der Waals surface area contributed by atoms with E-state index in [0.29, 0.717) is 82.6 Å². The summed E-state index contributed by atoms with van der Waals surface area (Å²) in [5, 5.41) is 17.8. The summed E-state index contributed by atoms with van der Waals surface area (Å²) >= 11 is 0. The van der Waals surface area contributed by atoms with Crippen LogP contribution < -0.4 is 20.8 Å². The Hall–Kier alpha value is -7.39. The van der Waals surface area contributed by atoms with Crippen molar-refractivity contribution in [2.24, 2.45) is 0 Å². The van der Waals surface area contributed by atoms with Gasteiger partial charge in [0, 0.05) is 40.7 Å². The number of hydrogen-bond donors (Lipinski definition) is 2. The molecule has 1 amide bonds. The summed E-state index contributed by atoms with van der Waals surface area (Å²) < 4.78 is 21.0.